The summed E-state index contributed by atoms with van der Waals surface area (Å²) in [5.74, 6) is 1.67. The zero-order chi connectivity index (χ0) is 14.0. The van der Waals surface area contributed by atoms with E-state index in [0.717, 1.165) is 18.9 Å². The van der Waals surface area contributed by atoms with Crippen LogP contribution in [0.2, 0.25) is 0 Å². The van der Waals surface area contributed by atoms with Crippen molar-refractivity contribution in [3.63, 3.8) is 0 Å². The maximum atomic E-state index is 5.82. The Bertz CT molecular complexity index is 448. The summed E-state index contributed by atoms with van der Waals surface area (Å²) in [6.45, 7) is 4.13. The number of hydrogen-bond donors (Lipinski definition) is 1. The Balaban J connectivity index is 1.49. The molecule has 1 N–H and O–H groups in total. The third-order valence-electron chi connectivity index (χ3n) is 4.78. The third kappa shape index (κ3) is 2.84. The van der Waals surface area contributed by atoms with Crippen molar-refractivity contribution < 1.29 is 9.47 Å². The first-order valence-corrected chi connectivity index (χ1v) is 7.70. The molecule has 0 aromatic heterocycles. The normalized spacial score (nSPS) is 32.9. The molecule has 1 heterocycles. The predicted molar refractivity (Wildman–Crippen MR) is 80.4 cm³/mol. The van der Waals surface area contributed by atoms with Gasteiger partial charge in [0.2, 0.25) is 0 Å². The molecule has 3 heteroatoms. The molecule has 0 radical (unpaired) electrons. The van der Waals surface area contributed by atoms with Crippen molar-refractivity contribution in [2.24, 2.45) is 0 Å². The van der Waals surface area contributed by atoms with Gasteiger partial charge >= 0.3 is 0 Å². The van der Waals surface area contributed by atoms with Crippen molar-refractivity contribution in [3.8, 4) is 5.75 Å². The number of rotatable bonds is 5. The highest BCUT2D eigenvalue weighted by molar-refractivity contribution is 5.37. The van der Waals surface area contributed by atoms with Crippen LogP contribution in [0, 0.1) is 0 Å². The second-order valence-corrected chi connectivity index (χ2v) is 6.39. The first-order chi connectivity index (χ1) is 9.70. The molecule has 1 saturated carbocycles. The summed E-state index contributed by atoms with van der Waals surface area (Å²) in [7, 11) is 1.76. The Hall–Kier alpha value is -1.06. The molecule has 2 fully saturated rings. The van der Waals surface area contributed by atoms with Crippen molar-refractivity contribution in [2.75, 3.05) is 20.3 Å². The zero-order valence-electron chi connectivity index (χ0n) is 12.5. The lowest BCUT2D eigenvalue weighted by atomic mass is 9.75. The van der Waals surface area contributed by atoms with E-state index < -0.39 is 0 Å². The van der Waals surface area contributed by atoms with Crippen LogP contribution in [0.5, 0.6) is 5.75 Å². The fourth-order valence-electron chi connectivity index (χ4n) is 3.38. The molecule has 0 amide bonds. The number of para-hydroxylation sites is 1. The van der Waals surface area contributed by atoms with Gasteiger partial charge in [0.05, 0.1) is 12.7 Å². The van der Waals surface area contributed by atoms with Gasteiger partial charge in [0, 0.05) is 19.2 Å². The molecule has 3 rings (SSSR count). The number of methoxy groups -OCH3 is 1. The number of hydrogen-bond acceptors (Lipinski definition) is 3. The van der Waals surface area contributed by atoms with E-state index in [4.69, 9.17) is 9.47 Å². The fraction of sp³-hybridized carbons (Fsp3) is 0.647. The molecule has 1 aliphatic heterocycles. The van der Waals surface area contributed by atoms with Crippen LogP contribution in [-0.2, 0) is 4.74 Å². The average molecular weight is 275 g/mol. The minimum atomic E-state index is 0.0650. The summed E-state index contributed by atoms with van der Waals surface area (Å²) in [5.41, 5.74) is 1.42. The molecule has 1 aliphatic carbocycles. The summed E-state index contributed by atoms with van der Waals surface area (Å²) >= 11 is 0. The van der Waals surface area contributed by atoms with Gasteiger partial charge in [-0.05, 0) is 50.2 Å². The Morgan fingerprint density at radius 2 is 2.15 bits per heavy atom. The Morgan fingerprint density at radius 3 is 2.85 bits per heavy atom. The largest absolute Gasteiger partial charge is 0.496 e. The second kappa shape index (κ2) is 5.74. The number of ether oxygens (including phenoxy) is 2. The first kappa shape index (κ1) is 13.9. The molecule has 3 nitrogen and oxygen atoms in total. The van der Waals surface area contributed by atoms with E-state index in [-0.39, 0.29) is 5.60 Å². The van der Waals surface area contributed by atoms with E-state index in [9.17, 15) is 0 Å². The van der Waals surface area contributed by atoms with Crippen molar-refractivity contribution in [2.45, 2.75) is 50.2 Å². The van der Waals surface area contributed by atoms with E-state index >= 15 is 0 Å². The maximum absolute atomic E-state index is 5.82. The maximum Gasteiger partial charge on any atom is 0.122 e. The average Bonchev–Trinajstić information content (AvgIpc) is 2.84. The van der Waals surface area contributed by atoms with Gasteiger partial charge in [0.1, 0.15) is 5.75 Å². The summed E-state index contributed by atoms with van der Waals surface area (Å²) in [6.07, 6.45) is 4.79. The standard InChI is InChI=1S/C17H25NO2/c1-17(8-5-9-20-17)12-18-14-10-13(11-14)15-6-3-4-7-16(15)19-2/h3-4,6-7,13-14,18H,5,8-12H2,1-2H3. The molecule has 1 atom stereocenters. The Morgan fingerprint density at radius 1 is 1.35 bits per heavy atom. The molecular formula is C17H25NO2. The van der Waals surface area contributed by atoms with Gasteiger partial charge in [0.25, 0.3) is 0 Å². The van der Waals surface area contributed by atoms with Crippen molar-refractivity contribution in [1.82, 2.24) is 5.32 Å². The topological polar surface area (TPSA) is 30.5 Å². The molecule has 0 spiro atoms. The molecule has 2 aliphatic rings. The molecule has 20 heavy (non-hydrogen) atoms. The van der Waals surface area contributed by atoms with E-state index in [0.29, 0.717) is 12.0 Å². The van der Waals surface area contributed by atoms with Crippen LogP contribution in [0.15, 0.2) is 24.3 Å². The molecule has 1 aromatic carbocycles. The molecular weight excluding hydrogens is 250 g/mol. The van der Waals surface area contributed by atoms with E-state index in [2.05, 4.69) is 30.4 Å². The highest BCUT2D eigenvalue weighted by atomic mass is 16.5. The highest BCUT2D eigenvalue weighted by Crippen LogP contribution is 2.41. The van der Waals surface area contributed by atoms with E-state index in [1.807, 2.05) is 6.07 Å². The monoisotopic (exact) mass is 275 g/mol. The van der Waals surface area contributed by atoms with Crippen LogP contribution < -0.4 is 10.1 Å². The molecule has 1 unspecified atom stereocenters. The molecule has 0 bridgehead atoms. The van der Waals surface area contributed by atoms with Crippen molar-refractivity contribution in [3.05, 3.63) is 29.8 Å². The first-order valence-electron chi connectivity index (χ1n) is 7.70. The lowest BCUT2D eigenvalue weighted by Crippen LogP contribution is -2.47. The lowest BCUT2D eigenvalue weighted by molar-refractivity contribution is 0.0158. The van der Waals surface area contributed by atoms with Gasteiger partial charge in [-0.15, -0.1) is 0 Å². The van der Waals surface area contributed by atoms with Gasteiger partial charge in [0.15, 0.2) is 0 Å². The van der Waals surface area contributed by atoms with E-state index in [1.165, 1.54) is 31.2 Å². The van der Waals surface area contributed by atoms with Crippen LogP contribution in [0.25, 0.3) is 0 Å². The molecule has 1 saturated heterocycles. The zero-order valence-corrected chi connectivity index (χ0v) is 12.5. The third-order valence-corrected chi connectivity index (χ3v) is 4.78. The minimum absolute atomic E-state index is 0.0650. The van der Waals surface area contributed by atoms with Gasteiger partial charge in [-0.2, -0.15) is 0 Å². The second-order valence-electron chi connectivity index (χ2n) is 6.39. The van der Waals surface area contributed by atoms with Crippen LogP contribution in [0.4, 0.5) is 0 Å². The quantitative estimate of drug-likeness (QED) is 0.895. The molecule has 1 aromatic rings. The van der Waals surface area contributed by atoms with Gasteiger partial charge in [-0.3, -0.25) is 0 Å². The van der Waals surface area contributed by atoms with Crippen LogP contribution in [0.3, 0.4) is 0 Å². The van der Waals surface area contributed by atoms with Gasteiger partial charge < -0.3 is 14.8 Å². The minimum Gasteiger partial charge on any atom is -0.496 e. The lowest BCUT2D eigenvalue weighted by Gasteiger charge is -2.38. The highest BCUT2D eigenvalue weighted by Gasteiger charge is 2.35. The Labute approximate surface area is 121 Å². The summed E-state index contributed by atoms with van der Waals surface area (Å²) < 4.78 is 11.3. The summed E-state index contributed by atoms with van der Waals surface area (Å²) in [5, 5.41) is 3.67. The SMILES string of the molecule is COc1ccccc1C1CC(NCC2(C)CCCO2)C1. The number of nitrogens with one attached hydrogen (secondary N) is 1. The van der Waals surface area contributed by atoms with Crippen molar-refractivity contribution in [1.29, 1.82) is 0 Å². The van der Waals surface area contributed by atoms with Crippen molar-refractivity contribution >= 4 is 0 Å². The summed E-state index contributed by atoms with van der Waals surface area (Å²) in [4.78, 5) is 0. The fourth-order valence-corrected chi connectivity index (χ4v) is 3.38. The Kier molecular flexibility index (Phi) is 3.99. The van der Waals surface area contributed by atoms with Crippen LogP contribution in [-0.4, -0.2) is 31.9 Å². The van der Waals surface area contributed by atoms with Crippen LogP contribution >= 0.6 is 0 Å². The summed E-state index contributed by atoms with van der Waals surface area (Å²) in [6, 6.07) is 9.02. The smallest absolute Gasteiger partial charge is 0.122 e. The predicted octanol–water partition coefficient (Wildman–Crippen LogP) is 3.10. The molecule has 110 valence electrons. The van der Waals surface area contributed by atoms with Gasteiger partial charge in [-0.1, -0.05) is 18.2 Å². The number of benzene rings is 1. The van der Waals surface area contributed by atoms with Gasteiger partial charge in [-0.25, -0.2) is 0 Å². The van der Waals surface area contributed by atoms with E-state index in [1.54, 1.807) is 7.11 Å². The van der Waals surface area contributed by atoms with Crippen LogP contribution in [0.1, 0.15) is 44.1 Å².